The van der Waals surface area contributed by atoms with Gasteiger partial charge in [-0.05, 0) is 24.6 Å². The summed E-state index contributed by atoms with van der Waals surface area (Å²) >= 11 is 6.10. The van der Waals surface area contributed by atoms with Gasteiger partial charge in [0.1, 0.15) is 16.9 Å². The Morgan fingerprint density at radius 1 is 1.42 bits per heavy atom. The summed E-state index contributed by atoms with van der Waals surface area (Å²) in [5.41, 5.74) is 0.681. The molecule has 0 aliphatic carbocycles. The minimum atomic E-state index is -0.803. The third-order valence-electron chi connectivity index (χ3n) is 2.52. The first-order valence-electron chi connectivity index (χ1n) is 5.62. The highest BCUT2D eigenvalue weighted by molar-refractivity contribution is 6.32. The van der Waals surface area contributed by atoms with Crippen LogP contribution < -0.4 is 10.1 Å². The molecule has 1 heterocycles. The van der Waals surface area contributed by atoms with Crippen LogP contribution in [0.2, 0.25) is 0 Å². The summed E-state index contributed by atoms with van der Waals surface area (Å²) in [6, 6.07) is 8.60. The highest BCUT2D eigenvalue weighted by Gasteiger charge is 2.18. The average molecular weight is 281 g/mol. The van der Waals surface area contributed by atoms with Gasteiger partial charge in [0.25, 0.3) is 0 Å². The number of benzene rings is 1. The van der Waals surface area contributed by atoms with Crippen LogP contribution in [0.3, 0.4) is 0 Å². The molecule has 19 heavy (non-hydrogen) atoms. The SMILES string of the molecule is COc1ccc(C(Cl)C(=O)Nc2cc(C)on2)cc1. The molecular formula is C13H13ClN2O3. The second kappa shape index (κ2) is 5.75. The van der Waals surface area contributed by atoms with Gasteiger partial charge >= 0.3 is 0 Å². The van der Waals surface area contributed by atoms with Crippen LogP contribution >= 0.6 is 11.6 Å². The van der Waals surface area contributed by atoms with Crippen molar-refractivity contribution in [2.75, 3.05) is 12.4 Å². The van der Waals surface area contributed by atoms with Gasteiger partial charge in [-0.25, -0.2) is 0 Å². The molecule has 0 spiro atoms. The predicted octanol–water partition coefficient (Wildman–Crippen LogP) is 2.91. The van der Waals surface area contributed by atoms with Crippen LogP contribution in [0.1, 0.15) is 16.7 Å². The van der Waals surface area contributed by atoms with Gasteiger partial charge in [-0.3, -0.25) is 4.79 Å². The van der Waals surface area contributed by atoms with E-state index in [-0.39, 0.29) is 5.91 Å². The van der Waals surface area contributed by atoms with Gasteiger partial charge in [0.2, 0.25) is 5.91 Å². The van der Waals surface area contributed by atoms with Crippen LogP contribution in [0.5, 0.6) is 5.75 Å². The zero-order chi connectivity index (χ0) is 13.8. The number of hydrogen-bond acceptors (Lipinski definition) is 4. The molecule has 0 bridgehead atoms. The molecule has 1 N–H and O–H groups in total. The van der Waals surface area contributed by atoms with E-state index >= 15 is 0 Å². The van der Waals surface area contributed by atoms with Crippen molar-refractivity contribution in [2.24, 2.45) is 0 Å². The molecule has 2 aromatic rings. The molecule has 0 saturated heterocycles. The fourth-order valence-corrected chi connectivity index (χ4v) is 1.74. The number of alkyl halides is 1. The number of rotatable bonds is 4. The third kappa shape index (κ3) is 3.26. The second-order valence-electron chi connectivity index (χ2n) is 3.95. The highest BCUT2D eigenvalue weighted by atomic mass is 35.5. The molecule has 0 aliphatic heterocycles. The molecule has 5 nitrogen and oxygen atoms in total. The van der Waals surface area contributed by atoms with Gasteiger partial charge in [0, 0.05) is 6.07 Å². The quantitative estimate of drug-likeness (QED) is 0.875. The summed E-state index contributed by atoms with van der Waals surface area (Å²) in [6.07, 6.45) is 0. The fourth-order valence-electron chi connectivity index (χ4n) is 1.54. The number of carbonyl (C=O) groups is 1. The molecule has 1 atom stereocenters. The van der Waals surface area contributed by atoms with Crippen molar-refractivity contribution in [1.82, 2.24) is 5.16 Å². The Morgan fingerprint density at radius 2 is 2.11 bits per heavy atom. The monoisotopic (exact) mass is 280 g/mol. The second-order valence-corrected chi connectivity index (χ2v) is 4.38. The fraction of sp³-hybridized carbons (Fsp3) is 0.231. The number of amides is 1. The van der Waals surface area contributed by atoms with Crippen molar-refractivity contribution in [1.29, 1.82) is 0 Å². The largest absolute Gasteiger partial charge is 0.497 e. The molecule has 1 aromatic carbocycles. The number of aromatic nitrogens is 1. The first kappa shape index (κ1) is 13.4. The number of anilines is 1. The van der Waals surface area contributed by atoms with Crippen molar-refractivity contribution < 1.29 is 14.1 Å². The van der Waals surface area contributed by atoms with Crippen molar-refractivity contribution in [3.05, 3.63) is 41.7 Å². The maximum Gasteiger partial charge on any atom is 0.248 e. The molecule has 0 saturated carbocycles. The Hall–Kier alpha value is -2.01. The normalized spacial score (nSPS) is 11.9. The van der Waals surface area contributed by atoms with Gasteiger partial charge in [-0.2, -0.15) is 0 Å². The Bertz CT molecular complexity index is 566. The lowest BCUT2D eigenvalue weighted by atomic mass is 10.1. The van der Waals surface area contributed by atoms with E-state index in [9.17, 15) is 4.79 Å². The van der Waals surface area contributed by atoms with E-state index in [2.05, 4.69) is 10.5 Å². The first-order valence-corrected chi connectivity index (χ1v) is 6.06. The van der Waals surface area contributed by atoms with Gasteiger partial charge in [-0.15, -0.1) is 11.6 Å². The number of halogens is 1. The molecule has 100 valence electrons. The Morgan fingerprint density at radius 3 is 2.63 bits per heavy atom. The van der Waals surface area contributed by atoms with Crippen LogP contribution in [0, 0.1) is 6.92 Å². The number of hydrogen-bond donors (Lipinski definition) is 1. The summed E-state index contributed by atoms with van der Waals surface area (Å²) in [5, 5.41) is 5.45. The minimum absolute atomic E-state index is 0.349. The number of nitrogens with one attached hydrogen (secondary N) is 1. The van der Waals surface area contributed by atoms with Crippen LogP contribution in [0.25, 0.3) is 0 Å². The van der Waals surface area contributed by atoms with E-state index in [1.165, 1.54) is 0 Å². The van der Waals surface area contributed by atoms with Crippen molar-refractivity contribution in [2.45, 2.75) is 12.3 Å². The van der Waals surface area contributed by atoms with Crippen molar-refractivity contribution in [3.8, 4) is 5.75 Å². The number of methoxy groups -OCH3 is 1. The average Bonchev–Trinajstić information content (AvgIpc) is 2.83. The van der Waals surface area contributed by atoms with Gasteiger partial charge < -0.3 is 14.6 Å². The molecule has 0 fully saturated rings. The van der Waals surface area contributed by atoms with Crippen LogP contribution in [-0.2, 0) is 4.79 Å². The minimum Gasteiger partial charge on any atom is -0.497 e. The summed E-state index contributed by atoms with van der Waals surface area (Å²) in [7, 11) is 1.58. The van der Waals surface area contributed by atoms with E-state index in [1.807, 2.05) is 0 Å². The van der Waals surface area contributed by atoms with E-state index in [0.29, 0.717) is 22.9 Å². The number of nitrogens with zero attached hydrogens (tertiary/aromatic N) is 1. The summed E-state index contributed by atoms with van der Waals surface area (Å²) in [4.78, 5) is 11.9. The lowest BCUT2D eigenvalue weighted by Crippen LogP contribution is -2.17. The Labute approximate surface area is 115 Å². The van der Waals surface area contributed by atoms with Crippen molar-refractivity contribution >= 4 is 23.3 Å². The maximum atomic E-state index is 11.9. The van der Waals surface area contributed by atoms with E-state index < -0.39 is 5.38 Å². The van der Waals surface area contributed by atoms with E-state index in [0.717, 1.165) is 0 Å². The summed E-state index contributed by atoms with van der Waals surface area (Å²) in [5.74, 6) is 1.31. The van der Waals surface area contributed by atoms with Crippen molar-refractivity contribution in [3.63, 3.8) is 0 Å². The van der Waals surface area contributed by atoms with Crippen LogP contribution in [-0.4, -0.2) is 18.2 Å². The Kier molecular flexibility index (Phi) is 4.06. The third-order valence-corrected chi connectivity index (χ3v) is 2.97. The molecule has 6 heteroatoms. The van der Waals surface area contributed by atoms with Crippen LogP contribution in [0.4, 0.5) is 5.82 Å². The van der Waals surface area contributed by atoms with E-state index in [1.54, 1.807) is 44.4 Å². The highest BCUT2D eigenvalue weighted by Crippen LogP contribution is 2.24. The standard InChI is InChI=1S/C13H13ClN2O3/c1-8-7-11(16-19-8)15-13(17)12(14)9-3-5-10(18-2)6-4-9/h3-7,12H,1-2H3,(H,15,16,17). The van der Waals surface area contributed by atoms with Crippen LogP contribution in [0.15, 0.2) is 34.9 Å². The number of ether oxygens (including phenoxy) is 1. The topological polar surface area (TPSA) is 64.4 Å². The predicted molar refractivity (Wildman–Crippen MR) is 71.5 cm³/mol. The Balaban J connectivity index is 2.05. The number of carbonyl (C=O) groups excluding carboxylic acids is 1. The molecule has 1 unspecified atom stereocenters. The smallest absolute Gasteiger partial charge is 0.248 e. The lowest BCUT2D eigenvalue weighted by Gasteiger charge is -2.09. The first-order chi connectivity index (χ1) is 9.10. The summed E-state index contributed by atoms with van der Waals surface area (Å²) < 4.78 is 9.90. The zero-order valence-electron chi connectivity index (χ0n) is 10.5. The van der Waals surface area contributed by atoms with Gasteiger partial charge in [0.15, 0.2) is 5.82 Å². The molecular weight excluding hydrogens is 268 g/mol. The molecule has 0 aliphatic rings. The molecule has 1 aromatic heterocycles. The zero-order valence-corrected chi connectivity index (χ0v) is 11.3. The van der Waals surface area contributed by atoms with Gasteiger partial charge in [0.05, 0.1) is 7.11 Å². The molecule has 1 amide bonds. The molecule has 2 rings (SSSR count). The lowest BCUT2D eigenvalue weighted by molar-refractivity contribution is -0.116. The van der Waals surface area contributed by atoms with Gasteiger partial charge in [-0.1, -0.05) is 17.3 Å². The summed E-state index contributed by atoms with van der Waals surface area (Å²) in [6.45, 7) is 1.74. The molecule has 0 radical (unpaired) electrons. The number of aryl methyl sites for hydroxylation is 1. The van der Waals surface area contributed by atoms with E-state index in [4.69, 9.17) is 20.9 Å². The maximum absolute atomic E-state index is 11.9.